The van der Waals surface area contributed by atoms with Gasteiger partial charge in [-0.2, -0.15) is 0 Å². The van der Waals surface area contributed by atoms with Gasteiger partial charge in [0.15, 0.2) is 0 Å². The van der Waals surface area contributed by atoms with Crippen LogP contribution in [0.2, 0.25) is 5.02 Å². The number of aromatic nitrogens is 1. The predicted molar refractivity (Wildman–Crippen MR) is 171 cm³/mol. The van der Waals surface area contributed by atoms with Crippen molar-refractivity contribution in [1.29, 1.82) is 0 Å². The standard InChI is InChI=1S/C28H35ClF2N4O11P2/c1-35(27(36)33-15-19-7-6-8-24(31)26(19)29)22(13-23(46-48(39,42-4)43-5)17-45-47(38,40-2)41-3)16-44-28(37)34-25-12-20-11-21(30)10-9-18(20)14-32-25/h6-12,14,22-23H,13,15-17H2,1-5H3,(H,33,36)(H,32,34,37)/t22-,23?/m0/s1. The average Bonchev–Trinajstić information content (AvgIpc) is 3.08. The molecule has 2 aromatic carbocycles. The maximum absolute atomic E-state index is 13.9. The van der Waals surface area contributed by atoms with E-state index in [-0.39, 0.29) is 23.8 Å². The molecule has 2 atom stereocenters. The second-order valence-electron chi connectivity index (χ2n) is 9.80. The van der Waals surface area contributed by atoms with E-state index in [2.05, 4.69) is 15.6 Å². The molecule has 0 bridgehead atoms. The third-order valence-electron chi connectivity index (χ3n) is 6.78. The van der Waals surface area contributed by atoms with Gasteiger partial charge in [0.05, 0.1) is 23.8 Å². The van der Waals surface area contributed by atoms with E-state index in [1.807, 2.05) is 0 Å². The lowest BCUT2D eigenvalue weighted by molar-refractivity contribution is 0.0289. The van der Waals surface area contributed by atoms with Crippen LogP contribution in [0.25, 0.3) is 10.8 Å². The minimum atomic E-state index is -4.19. The van der Waals surface area contributed by atoms with Gasteiger partial charge in [-0.25, -0.2) is 32.5 Å². The maximum Gasteiger partial charge on any atom is 0.474 e. The number of halogens is 3. The summed E-state index contributed by atoms with van der Waals surface area (Å²) in [7, 11) is -2.62. The number of likely N-dealkylation sites (N-methyl/N-ethyl adjacent to an activating group) is 1. The molecular formula is C28H35ClF2N4O11P2. The zero-order valence-electron chi connectivity index (χ0n) is 26.5. The number of nitrogens with zero attached hydrogens (tertiary/aromatic N) is 2. The molecule has 0 radical (unpaired) electrons. The molecule has 0 aliphatic carbocycles. The number of fused-ring (bicyclic) bond motifs is 1. The molecule has 0 fully saturated rings. The summed E-state index contributed by atoms with van der Waals surface area (Å²) >= 11 is 6.01. The fraction of sp³-hybridized carbons (Fsp3) is 0.393. The third kappa shape index (κ3) is 11.2. The third-order valence-corrected chi connectivity index (χ3v) is 10.0. The van der Waals surface area contributed by atoms with Crippen LogP contribution in [0.15, 0.2) is 48.7 Å². The van der Waals surface area contributed by atoms with Crippen molar-refractivity contribution in [2.24, 2.45) is 0 Å². The highest BCUT2D eigenvalue weighted by molar-refractivity contribution is 7.48. The fourth-order valence-electron chi connectivity index (χ4n) is 4.12. The van der Waals surface area contributed by atoms with Crippen LogP contribution in [-0.2, 0) is 47.6 Å². The molecule has 0 spiro atoms. The summed E-state index contributed by atoms with van der Waals surface area (Å²) < 4.78 is 88.6. The van der Waals surface area contributed by atoms with Crippen molar-refractivity contribution >= 4 is 56.0 Å². The van der Waals surface area contributed by atoms with E-state index < -0.39 is 64.8 Å². The van der Waals surface area contributed by atoms with Gasteiger partial charge in [0.1, 0.15) is 24.1 Å². The highest BCUT2D eigenvalue weighted by Gasteiger charge is 2.35. The van der Waals surface area contributed by atoms with E-state index >= 15 is 0 Å². The number of carbonyl (C=O) groups excluding carboxylic acids is 2. The van der Waals surface area contributed by atoms with Crippen molar-refractivity contribution in [3.05, 3.63) is 70.9 Å². The second-order valence-corrected chi connectivity index (χ2v) is 13.9. The number of carbonyl (C=O) groups is 2. The van der Waals surface area contributed by atoms with Crippen LogP contribution in [0.1, 0.15) is 12.0 Å². The van der Waals surface area contributed by atoms with Gasteiger partial charge in [0.2, 0.25) is 0 Å². The van der Waals surface area contributed by atoms with Crippen LogP contribution in [0, 0.1) is 11.6 Å². The lowest BCUT2D eigenvalue weighted by Crippen LogP contribution is -2.47. The zero-order valence-corrected chi connectivity index (χ0v) is 29.1. The van der Waals surface area contributed by atoms with Crippen LogP contribution in [0.4, 0.5) is 24.2 Å². The number of phosphoric acid groups is 2. The van der Waals surface area contributed by atoms with Crippen molar-refractivity contribution in [2.75, 3.05) is 54.0 Å². The highest BCUT2D eigenvalue weighted by Crippen LogP contribution is 2.51. The molecule has 3 rings (SSSR count). The summed E-state index contributed by atoms with van der Waals surface area (Å²) in [4.78, 5) is 31.3. The van der Waals surface area contributed by atoms with E-state index in [1.165, 1.54) is 49.6 Å². The smallest absolute Gasteiger partial charge is 0.447 e. The summed E-state index contributed by atoms with van der Waals surface area (Å²) in [6, 6.07) is 7.83. The Kier molecular flexibility index (Phi) is 14.7. The number of benzene rings is 2. The Morgan fingerprint density at radius 2 is 1.65 bits per heavy atom. The van der Waals surface area contributed by atoms with Gasteiger partial charge < -0.3 is 15.0 Å². The first kappa shape index (κ1) is 39.2. The Bertz CT molecular complexity index is 1660. The SMILES string of the molecule is COP(=O)(OC)OCC(C[C@@H](COC(=O)Nc1cc2cc(F)ccc2cn1)N(C)C(=O)NCc1cccc(F)c1Cl)OP(=O)(OC)OC. The minimum Gasteiger partial charge on any atom is -0.447 e. The van der Waals surface area contributed by atoms with Crippen LogP contribution in [0.3, 0.4) is 0 Å². The molecule has 0 aliphatic heterocycles. The Hall–Kier alpha value is -3.24. The normalized spacial score (nSPS) is 13.2. The lowest BCUT2D eigenvalue weighted by Gasteiger charge is -2.32. The molecule has 20 heteroatoms. The molecule has 3 amide bonds. The molecule has 1 heterocycles. The van der Waals surface area contributed by atoms with Crippen LogP contribution in [-0.4, -0.2) is 82.9 Å². The van der Waals surface area contributed by atoms with Crippen LogP contribution >= 0.6 is 27.2 Å². The molecule has 264 valence electrons. The van der Waals surface area contributed by atoms with E-state index in [0.29, 0.717) is 16.3 Å². The number of rotatable bonds is 17. The predicted octanol–water partition coefficient (Wildman–Crippen LogP) is 6.52. The Morgan fingerprint density at radius 1 is 0.958 bits per heavy atom. The molecule has 15 nitrogen and oxygen atoms in total. The number of amides is 3. The van der Waals surface area contributed by atoms with Gasteiger partial charge >= 0.3 is 27.8 Å². The number of ether oxygens (including phenoxy) is 1. The number of hydrogen-bond donors (Lipinski definition) is 2. The number of pyridine rings is 1. The summed E-state index contributed by atoms with van der Waals surface area (Å²) in [5.41, 5.74) is 0.291. The number of urea groups is 1. The first-order valence-electron chi connectivity index (χ1n) is 13.9. The molecule has 2 N–H and O–H groups in total. The van der Waals surface area contributed by atoms with Gasteiger partial charge in [0, 0.05) is 60.0 Å². The summed E-state index contributed by atoms with van der Waals surface area (Å²) in [5.74, 6) is -1.10. The summed E-state index contributed by atoms with van der Waals surface area (Å²) in [6.45, 7) is -1.24. The van der Waals surface area contributed by atoms with E-state index in [4.69, 9.17) is 43.5 Å². The van der Waals surface area contributed by atoms with Gasteiger partial charge in [-0.3, -0.25) is 32.5 Å². The van der Waals surface area contributed by atoms with E-state index in [9.17, 15) is 27.5 Å². The van der Waals surface area contributed by atoms with Crippen molar-refractivity contribution < 1.29 is 59.4 Å². The molecule has 48 heavy (non-hydrogen) atoms. The van der Waals surface area contributed by atoms with Crippen LogP contribution in [0.5, 0.6) is 0 Å². The van der Waals surface area contributed by atoms with E-state index in [0.717, 1.165) is 39.4 Å². The van der Waals surface area contributed by atoms with Crippen molar-refractivity contribution in [3.8, 4) is 0 Å². The number of phosphoric ester groups is 2. The quantitative estimate of drug-likeness (QED) is 0.144. The second kappa shape index (κ2) is 18.0. The monoisotopic (exact) mass is 738 g/mol. The first-order chi connectivity index (χ1) is 22.7. The largest absolute Gasteiger partial charge is 0.474 e. The topological polar surface area (TPSA) is 173 Å². The molecular weight excluding hydrogens is 704 g/mol. The summed E-state index contributed by atoms with van der Waals surface area (Å²) in [5, 5.41) is 5.95. The summed E-state index contributed by atoms with van der Waals surface area (Å²) in [6.07, 6.45) is -1.13. The highest BCUT2D eigenvalue weighted by atomic mass is 35.5. The van der Waals surface area contributed by atoms with E-state index in [1.54, 1.807) is 0 Å². The number of hydrogen-bond acceptors (Lipinski definition) is 12. The van der Waals surface area contributed by atoms with Gasteiger partial charge in [-0.15, -0.1) is 0 Å². The Labute approximate surface area is 280 Å². The van der Waals surface area contributed by atoms with Crippen molar-refractivity contribution in [1.82, 2.24) is 15.2 Å². The van der Waals surface area contributed by atoms with Crippen molar-refractivity contribution in [2.45, 2.75) is 25.1 Å². The lowest BCUT2D eigenvalue weighted by atomic mass is 10.1. The Balaban J connectivity index is 1.82. The maximum atomic E-state index is 13.9. The molecule has 0 saturated heterocycles. The first-order valence-corrected chi connectivity index (χ1v) is 17.2. The fourth-order valence-corrected chi connectivity index (χ4v) is 5.85. The molecule has 1 aromatic heterocycles. The van der Waals surface area contributed by atoms with Gasteiger partial charge in [0.25, 0.3) is 0 Å². The molecule has 1 unspecified atom stereocenters. The van der Waals surface area contributed by atoms with Crippen LogP contribution < -0.4 is 10.6 Å². The number of nitrogens with one attached hydrogen (secondary N) is 2. The van der Waals surface area contributed by atoms with Crippen molar-refractivity contribution in [3.63, 3.8) is 0 Å². The zero-order chi connectivity index (χ0) is 35.5. The van der Waals surface area contributed by atoms with Gasteiger partial charge in [-0.1, -0.05) is 23.7 Å². The molecule has 3 aromatic rings. The number of anilines is 1. The average molecular weight is 739 g/mol. The minimum absolute atomic E-state index is 0.0540. The molecule has 0 aliphatic rings. The Morgan fingerprint density at radius 3 is 2.31 bits per heavy atom. The van der Waals surface area contributed by atoms with Gasteiger partial charge in [-0.05, 0) is 41.3 Å². The molecule has 0 saturated carbocycles.